The molecule has 1 saturated heterocycles. The predicted octanol–water partition coefficient (Wildman–Crippen LogP) is 2.67. The number of hydrogen-bond donors (Lipinski definition) is 1. The summed E-state index contributed by atoms with van der Waals surface area (Å²) in [5.41, 5.74) is 8.91. The molecule has 4 heteroatoms. The van der Waals surface area contributed by atoms with E-state index in [0.29, 0.717) is 6.04 Å². The Bertz CT molecular complexity index is 602. The van der Waals surface area contributed by atoms with Gasteiger partial charge in [0.25, 0.3) is 0 Å². The zero-order valence-corrected chi connectivity index (χ0v) is 12.5. The second kappa shape index (κ2) is 5.44. The number of likely N-dealkylation sites (N-methyl/N-ethyl adjacent to an activating group) is 1. The van der Waals surface area contributed by atoms with Crippen LogP contribution in [0.4, 0.5) is 5.69 Å². The number of likely N-dealkylation sites (tertiary alicyclic amines) is 1. The average molecular weight is 272 g/mol. The zero-order valence-electron chi connectivity index (χ0n) is 12.5. The van der Waals surface area contributed by atoms with Crippen LogP contribution in [-0.2, 0) is 13.0 Å². The molecule has 3 rings (SSSR count). The molecule has 1 fully saturated rings. The Hall–Kier alpha value is -1.55. The minimum Gasteiger partial charge on any atom is -0.399 e. The molecule has 20 heavy (non-hydrogen) atoms. The van der Waals surface area contributed by atoms with Crippen LogP contribution in [-0.4, -0.2) is 34.1 Å². The van der Waals surface area contributed by atoms with E-state index in [0.717, 1.165) is 24.2 Å². The van der Waals surface area contributed by atoms with E-state index in [9.17, 15) is 0 Å². The van der Waals surface area contributed by atoms with Gasteiger partial charge in [-0.2, -0.15) is 0 Å². The summed E-state index contributed by atoms with van der Waals surface area (Å²) in [6.07, 6.45) is 4.92. The highest BCUT2D eigenvalue weighted by molar-refractivity contribution is 5.79. The predicted molar refractivity (Wildman–Crippen MR) is 83.8 cm³/mol. The smallest absolute Gasteiger partial charge is 0.109 e. The maximum atomic E-state index is 5.87. The largest absolute Gasteiger partial charge is 0.399 e. The van der Waals surface area contributed by atoms with Crippen LogP contribution in [0.2, 0.25) is 0 Å². The molecular formula is C16H24N4. The molecule has 0 aliphatic carbocycles. The molecule has 108 valence electrons. The van der Waals surface area contributed by atoms with E-state index in [1.54, 1.807) is 0 Å². The third-order valence-electron chi connectivity index (χ3n) is 4.48. The molecule has 0 spiro atoms. The number of nitrogens with two attached hydrogens (primary N) is 1. The fourth-order valence-electron chi connectivity index (χ4n) is 3.26. The monoisotopic (exact) mass is 272 g/mol. The highest BCUT2D eigenvalue weighted by atomic mass is 15.2. The van der Waals surface area contributed by atoms with E-state index >= 15 is 0 Å². The summed E-state index contributed by atoms with van der Waals surface area (Å²) in [5.74, 6) is 1.17. The third kappa shape index (κ3) is 2.40. The number of nitrogen functional groups attached to an aromatic ring is 1. The number of fused-ring (bicyclic) bond motifs is 1. The SMILES string of the molecule is CCc1nc2cc(N)ccc2n1CC1CCCCN1C. The van der Waals surface area contributed by atoms with Crippen LogP contribution < -0.4 is 5.73 Å². The molecule has 2 heterocycles. The number of aryl methyl sites for hydroxylation is 1. The number of piperidine rings is 1. The third-order valence-corrected chi connectivity index (χ3v) is 4.48. The first-order valence-electron chi connectivity index (χ1n) is 7.64. The van der Waals surface area contributed by atoms with Gasteiger partial charge in [-0.15, -0.1) is 0 Å². The minimum atomic E-state index is 0.629. The van der Waals surface area contributed by atoms with Crippen molar-refractivity contribution in [3.8, 4) is 0 Å². The first-order valence-corrected chi connectivity index (χ1v) is 7.64. The highest BCUT2D eigenvalue weighted by Crippen LogP contribution is 2.23. The molecule has 1 aliphatic rings. The summed E-state index contributed by atoms with van der Waals surface area (Å²) >= 11 is 0. The summed E-state index contributed by atoms with van der Waals surface area (Å²) in [6, 6.07) is 6.70. The molecule has 1 atom stereocenters. The Morgan fingerprint density at radius 1 is 1.35 bits per heavy atom. The van der Waals surface area contributed by atoms with Crippen molar-refractivity contribution < 1.29 is 0 Å². The van der Waals surface area contributed by atoms with Gasteiger partial charge >= 0.3 is 0 Å². The molecule has 0 saturated carbocycles. The van der Waals surface area contributed by atoms with E-state index in [4.69, 9.17) is 10.7 Å². The lowest BCUT2D eigenvalue weighted by Crippen LogP contribution is -2.39. The van der Waals surface area contributed by atoms with Crippen LogP contribution in [0.5, 0.6) is 0 Å². The molecule has 1 aromatic heterocycles. The second-order valence-corrected chi connectivity index (χ2v) is 5.87. The maximum Gasteiger partial charge on any atom is 0.109 e. The van der Waals surface area contributed by atoms with Crippen LogP contribution in [0.1, 0.15) is 32.0 Å². The van der Waals surface area contributed by atoms with E-state index in [2.05, 4.69) is 29.5 Å². The highest BCUT2D eigenvalue weighted by Gasteiger charge is 2.21. The van der Waals surface area contributed by atoms with Crippen molar-refractivity contribution >= 4 is 16.7 Å². The molecule has 1 unspecified atom stereocenters. The molecule has 2 aromatic rings. The van der Waals surface area contributed by atoms with Crippen LogP contribution >= 0.6 is 0 Å². The maximum absolute atomic E-state index is 5.87. The molecule has 1 aliphatic heterocycles. The van der Waals surface area contributed by atoms with E-state index in [1.165, 1.54) is 37.1 Å². The normalized spacial score (nSPS) is 20.6. The first-order chi connectivity index (χ1) is 9.69. The molecule has 2 N–H and O–H groups in total. The number of hydrogen-bond acceptors (Lipinski definition) is 3. The van der Waals surface area contributed by atoms with Gasteiger partial charge in [-0.25, -0.2) is 4.98 Å². The molecule has 1 aromatic carbocycles. The van der Waals surface area contributed by atoms with Gasteiger partial charge in [0, 0.05) is 24.7 Å². The van der Waals surface area contributed by atoms with Crippen molar-refractivity contribution in [1.29, 1.82) is 0 Å². The lowest BCUT2D eigenvalue weighted by Gasteiger charge is -2.33. The number of rotatable bonds is 3. The van der Waals surface area contributed by atoms with E-state index in [1.807, 2.05) is 12.1 Å². The summed E-state index contributed by atoms with van der Waals surface area (Å²) in [5, 5.41) is 0. The summed E-state index contributed by atoms with van der Waals surface area (Å²) in [4.78, 5) is 7.24. The van der Waals surface area contributed by atoms with Crippen molar-refractivity contribution in [3.63, 3.8) is 0 Å². The van der Waals surface area contributed by atoms with Gasteiger partial charge < -0.3 is 15.2 Å². The van der Waals surface area contributed by atoms with Gasteiger partial charge in [0.2, 0.25) is 0 Å². The Morgan fingerprint density at radius 2 is 2.20 bits per heavy atom. The van der Waals surface area contributed by atoms with E-state index in [-0.39, 0.29) is 0 Å². The van der Waals surface area contributed by atoms with Gasteiger partial charge in [0.05, 0.1) is 11.0 Å². The number of benzene rings is 1. The van der Waals surface area contributed by atoms with Gasteiger partial charge in [0.1, 0.15) is 5.82 Å². The fraction of sp³-hybridized carbons (Fsp3) is 0.562. The lowest BCUT2D eigenvalue weighted by molar-refractivity contribution is 0.167. The summed E-state index contributed by atoms with van der Waals surface area (Å²) in [6.45, 7) is 4.43. The Morgan fingerprint density at radius 3 is 2.95 bits per heavy atom. The number of imidazole rings is 1. The van der Waals surface area contributed by atoms with Gasteiger partial charge in [0.15, 0.2) is 0 Å². The van der Waals surface area contributed by atoms with Crippen LogP contribution in [0.15, 0.2) is 18.2 Å². The lowest BCUT2D eigenvalue weighted by atomic mass is 10.0. The summed E-state index contributed by atoms with van der Waals surface area (Å²) < 4.78 is 2.39. The topological polar surface area (TPSA) is 47.1 Å². The van der Waals surface area contributed by atoms with Crippen LogP contribution in [0, 0.1) is 0 Å². The fourth-order valence-corrected chi connectivity index (χ4v) is 3.26. The van der Waals surface area contributed by atoms with Crippen LogP contribution in [0.25, 0.3) is 11.0 Å². The van der Waals surface area contributed by atoms with Crippen molar-refractivity contribution in [2.45, 2.75) is 45.2 Å². The first kappa shape index (κ1) is 13.4. The van der Waals surface area contributed by atoms with Crippen molar-refractivity contribution in [2.75, 3.05) is 19.3 Å². The molecule has 4 nitrogen and oxygen atoms in total. The van der Waals surface area contributed by atoms with Crippen LogP contribution in [0.3, 0.4) is 0 Å². The minimum absolute atomic E-state index is 0.629. The molecule has 0 bridgehead atoms. The molecule has 0 amide bonds. The van der Waals surface area contributed by atoms with Crippen molar-refractivity contribution in [1.82, 2.24) is 14.5 Å². The summed E-state index contributed by atoms with van der Waals surface area (Å²) in [7, 11) is 2.24. The number of aromatic nitrogens is 2. The molecule has 0 radical (unpaired) electrons. The van der Waals surface area contributed by atoms with Crippen molar-refractivity contribution in [3.05, 3.63) is 24.0 Å². The van der Waals surface area contributed by atoms with Crippen molar-refractivity contribution in [2.24, 2.45) is 0 Å². The quantitative estimate of drug-likeness (QED) is 0.874. The zero-order chi connectivity index (χ0) is 14.1. The number of nitrogens with zero attached hydrogens (tertiary/aromatic N) is 3. The van der Waals surface area contributed by atoms with E-state index < -0.39 is 0 Å². The Labute approximate surface area is 120 Å². The Kier molecular flexibility index (Phi) is 3.66. The van der Waals surface area contributed by atoms with Gasteiger partial charge in [-0.1, -0.05) is 13.3 Å². The number of anilines is 1. The molecular weight excluding hydrogens is 248 g/mol. The Balaban J connectivity index is 1.96. The van der Waals surface area contributed by atoms with Gasteiger partial charge in [-0.05, 0) is 44.6 Å². The second-order valence-electron chi connectivity index (χ2n) is 5.87. The van der Waals surface area contributed by atoms with Gasteiger partial charge in [-0.3, -0.25) is 0 Å². The average Bonchev–Trinajstić information content (AvgIpc) is 2.78. The standard InChI is InChI=1S/C16H24N4/c1-3-16-18-14-10-12(17)7-8-15(14)20(16)11-13-6-4-5-9-19(13)2/h7-8,10,13H,3-6,9,11,17H2,1-2H3.